The number of amides is 5. The molecule has 0 spiro atoms. The molecule has 5 amide bonds. The number of ether oxygens (including phenoxy) is 1. The van der Waals surface area contributed by atoms with E-state index in [-0.39, 0.29) is 18.3 Å². The van der Waals surface area contributed by atoms with Gasteiger partial charge in [0.1, 0.15) is 17.7 Å². The van der Waals surface area contributed by atoms with Crippen LogP contribution in [-0.4, -0.2) is 82.6 Å². The van der Waals surface area contributed by atoms with E-state index in [9.17, 15) is 28.8 Å². The monoisotopic (exact) mass is 685 g/mol. The summed E-state index contributed by atoms with van der Waals surface area (Å²) in [5.41, 5.74) is -0.563. The molecule has 0 aromatic heterocycles. The zero-order valence-electron chi connectivity index (χ0n) is 27.8. The second-order valence-corrected chi connectivity index (χ2v) is 13.7. The van der Waals surface area contributed by atoms with Crippen molar-refractivity contribution in [2.75, 3.05) is 18.4 Å². The van der Waals surface area contributed by atoms with Gasteiger partial charge in [-0.1, -0.05) is 64.4 Å². The number of alkyl carbamates (subject to hydrolysis) is 1. The minimum Gasteiger partial charge on any atom is -0.444 e. The third-order valence-corrected chi connectivity index (χ3v) is 6.79. The largest absolute Gasteiger partial charge is 0.444 e. The van der Waals surface area contributed by atoms with E-state index in [0.29, 0.717) is 25.8 Å². The quantitative estimate of drug-likeness (QED) is 0.193. The van der Waals surface area contributed by atoms with E-state index < -0.39 is 71.2 Å². The molecule has 0 saturated carbocycles. The molecule has 1 fully saturated rings. The molecule has 0 bridgehead atoms. The van der Waals surface area contributed by atoms with Crippen LogP contribution in [0.2, 0.25) is 0 Å². The van der Waals surface area contributed by atoms with E-state index in [1.165, 1.54) is 4.90 Å². The van der Waals surface area contributed by atoms with Gasteiger partial charge < -0.3 is 30.9 Å². The molecule has 46 heavy (non-hydrogen) atoms. The van der Waals surface area contributed by atoms with Crippen molar-refractivity contribution < 1.29 is 33.5 Å². The van der Waals surface area contributed by atoms with Gasteiger partial charge in [-0.25, -0.2) is 4.79 Å². The lowest BCUT2D eigenvalue weighted by Gasteiger charge is -2.36. The summed E-state index contributed by atoms with van der Waals surface area (Å²) in [7, 11) is 0. The molecule has 2 rings (SSSR count). The van der Waals surface area contributed by atoms with Crippen molar-refractivity contribution in [2.45, 2.75) is 104 Å². The van der Waals surface area contributed by atoms with Crippen LogP contribution in [0, 0.1) is 5.41 Å². The molecular formula is C32H49Cl2N5O7. The number of ketones is 1. The second kappa shape index (κ2) is 19.3. The van der Waals surface area contributed by atoms with Gasteiger partial charge in [-0.15, -0.1) is 23.2 Å². The van der Waals surface area contributed by atoms with Crippen molar-refractivity contribution in [1.29, 1.82) is 0 Å². The Bertz CT molecular complexity index is 1190. The van der Waals surface area contributed by atoms with Crippen LogP contribution in [-0.2, 0) is 35.3 Å². The number of halogens is 2. The lowest BCUT2D eigenvalue weighted by molar-refractivity contribution is -0.144. The fourth-order valence-corrected chi connectivity index (χ4v) is 4.63. The Labute approximate surface area is 282 Å². The molecule has 14 heteroatoms. The Hall–Kier alpha value is -3.38. The molecule has 1 heterocycles. The number of nitrogens with one attached hydrogen (secondary N) is 4. The van der Waals surface area contributed by atoms with Crippen LogP contribution >= 0.6 is 23.2 Å². The molecule has 1 aliphatic rings. The predicted molar refractivity (Wildman–Crippen MR) is 177 cm³/mol. The summed E-state index contributed by atoms with van der Waals surface area (Å²) in [5, 5.41) is 10.5. The van der Waals surface area contributed by atoms with Crippen molar-refractivity contribution in [3.63, 3.8) is 0 Å². The molecule has 258 valence electrons. The van der Waals surface area contributed by atoms with Crippen molar-refractivity contribution in [1.82, 2.24) is 26.2 Å². The number of alkyl halides is 2. The maximum Gasteiger partial charge on any atom is 0.408 e. The summed E-state index contributed by atoms with van der Waals surface area (Å²) in [6.07, 6.45) is 0.874. The standard InChI is InChI=1S/C31H47N5O7.CH2Cl2/c1-8-13-21(24(38)27(40)33-19-23(37)32-18-20-14-10-9-11-15-20)34-26(39)22-16-12-17-36(22)28(41)25(30(2,3)4)35-29(42)43-31(5,6)7;2-1-3/h9-11,14-15,21-22,25H,8,12-13,16-19H2,1-7H3,(H,32,37)(H,33,40)(H,34,39)(H,35,42);1H2/t21?,22-,25+;/m0./s1. The Kier molecular flexibility index (Phi) is 17.1. The zero-order valence-corrected chi connectivity index (χ0v) is 29.3. The smallest absolute Gasteiger partial charge is 0.408 e. The van der Waals surface area contributed by atoms with E-state index in [4.69, 9.17) is 27.9 Å². The highest BCUT2D eigenvalue weighted by atomic mass is 35.5. The summed E-state index contributed by atoms with van der Waals surface area (Å²) >= 11 is 9.53. The molecule has 12 nitrogen and oxygen atoms in total. The molecule has 4 N–H and O–H groups in total. The van der Waals surface area contributed by atoms with Gasteiger partial charge in [0.05, 0.1) is 17.9 Å². The summed E-state index contributed by atoms with van der Waals surface area (Å²) in [5.74, 6) is -3.32. The molecule has 1 aromatic carbocycles. The van der Waals surface area contributed by atoms with E-state index in [0.717, 1.165) is 5.56 Å². The molecule has 0 radical (unpaired) electrons. The molecule has 1 unspecified atom stereocenters. The number of nitrogens with zero attached hydrogens (tertiary/aromatic N) is 1. The first-order valence-electron chi connectivity index (χ1n) is 15.3. The van der Waals surface area contributed by atoms with Gasteiger partial charge in [0.15, 0.2) is 0 Å². The van der Waals surface area contributed by atoms with Gasteiger partial charge in [-0.05, 0) is 51.0 Å². The van der Waals surface area contributed by atoms with Crippen molar-refractivity contribution in [3.8, 4) is 0 Å². The van der Waals surface area contributed by atoms with Crippen LogP contribution in [0.15, 0.2) is 30.3 Å². The van der Waals surface area contributed by atoms with Crippen LogP contribution in [0.1, 0.15) is 79.7 Å². The fraction of sp³-hybridized carbons (Fsp3) is 0.625. The van der Waals surface area contributed by atoms with Gasteiger partial charge in [0, 0.05) is 13.1 Å². The Morgan fingerprint density at radius 3 is 2.11 bits per heavy atom. The van der Waals surface area contributed by atoms with Crippen molar-refractivity contribution in [2.24, 2.45) is 5.41 Å². The highest BCUT2D eigenvalue weighted by Crippen LogP contribution is 2.26. The van der Waals surface area contributed by atoms with Crippen LogP contribution in [0.4, 0.5) is 4.79 Å². The van der Waals surface area contributed by atoms with Crippen molar-refractivity contribution >= 4 is 58.7 Å². The molecule has 1 aromatic rings. The summed E-state index contributed by atoms with van der Waals surface area (Å²) in [6.45, 7) is 12.5. The van der Waals surface area contributed by atoms with Gasteiger partial charge in [-0.2, -0.15) is 0 Å². The van der Waals surface area contributed by atoms with E-state index >= 15 is 0 Å². The lowest BCUT2D eigenvalue weighted by Crippen LogP contribution is -2.59. The van der Waals surface area contributed by atoms with Crippen LogP contribution in [0.25, 0.3) is 0 Å². The van der Waals surface area contributed by atoms with Gasteiger partial charge in [0.25, 0.3) is 5.91 Å². The second-order valence-electron chi connectivity index (χ2n) is 12.9. The minimum absolute atomic E-state index is 0.194. The van der Waals surface area contributed by atoms with E-state index in [2.05, 4.69) is 21.3 Å². The number of rotatable bonds is 12. The molecular weight excluding hydrogens is 637 g/mol. The molecule has 1 saturated heterocycles. The molecule has 0 aliphatic carbocycles. The SMILES string of the molecule is CCCC(NC(=O)[C@@H]1CCCN1C(=O)[C@@H](NC(=O)OC(C)(C)C)C(C)(C)C)C(=O)C(=O)NCC(=O)NCc1ccccc1.ClCCl. The third kappa shape index (κ3) is 14.4. The normalized spacial score (nSPS) is 15.8. The van der Waals surface area contributed by atoms with Gasteiger partial charge in [-0.3, -0.25) is 24.0 Å². The average Bonchev–Trinajstić information content (AvgIpc) is 3.46. The number of benzene rings is 1. The average molecular weight is 687 g/mol. The number of carbonyl (C=O) groups excluding carboxylic acids is 6. The zero-order chi connectivity index (χ0) is 35.1. The summed E-state index contributed by atoms with van der Waals surface area (Å²) in [6, 6.07) is 6.27. The maximum atomic E-state index is 13.7. The van der Waals surface area contributed by atoms with E-state index in [1.54, 1.807) is 41.5 Å². The maximum absolute atomic E-state index is 13.7. The number of hydrogen-bond donors (Lipinski definition) is 4. The van der Waals surface area contributed by atoms with Crippen LogP contribution in [0.3, 0.4) is 0 Å². The Morgan fingerprint density at radius 1 is 0.957 bits per heavy atom. The topological polar surface area (TPSA) is 163 Å². The number of hydrogen-bond acceptors (Lipinski definition) is 7. The lowest BCUT2D eigenvalue weighted by atomic mass is 9.85. The van der Waals surface area contributed by atoms with Gasteiger partial charge in [0.2, 0.25) is 23.5 Å². The van der Waals surface area contributed by atoms with Crippen LogP contribution < -0.4 is 21.3 Å². The first-order valence-corrected chi connectivity index (χ1v) is 16.4. The molecule has 1 aliphatic heterocycles. The summed E-state index contributed by atoms with van der Waals surface area (Å²) in [4.78, 5) is 78.7. The Balaban J connectivity index is 0.00000338. The highest BCUT2D eigenvalue weighted by molar-refractivity contribution is 6.40. The predicted octanol–water partition coefficient (Wildman–Crippen LogP) is 3.62. The number of carbonyl (C=O) groups is 6. The first kappa shape index (κ1) is 40.6. The molecule has 3 atom stereocenters. The third-order valence-electron chi connectivity index (χ3n) is 6.79. The Morgan fingerprint density at radius 2 is 1.57 bits per heavy atom. The highest BCUT2D eigenvalue weighted by Gasteiger charge is 2.43. The van der Waals surface area contributed by atoms with Crippen molar-refractivity contribution in [3.05, 3.63) is 35.9 Å². The summed E-state index contributed by atoms with van der Waals surface area (Å²) < 4.78 is 5.35. The van der Waals surface area contributed by atoms with Gasteiger partial charge >= 0.3 is 6.09 Å². The number of likely N-dealkylation sites (tertiary alicyclic amines) is 1. The first-order chi connectivity index (χ1) is 21.4. The van der Waals surface area contributed by atoms with E-state index in [1.807, 2.05) is 37.3 Å². The fourth-order valence-electron chi connectivity index (χ4n) is 4.63. The number of Topliss-reactive ketones (excluding diaryl/α,β-unsaturated/α-hetero) is 1. The van der Waals surface area contributed by atoms with Crippen LogP contribution in [0.5, 0.6) is 0 Å². The minimum atomic E-state index is -1.12.